The van der Waals surface area contributed by atoms with Crippen LogP contribution >= 0.6 is 11.6 Å². The van der Waals surface area contributed by atoms with E-state index in [-0.39, 0.29) is 11.8 Å². The van der Waals surface area contributed by atoms with E-state index in [0.717, 1.165) is 16.5 Å². The summed E-state index contributed by atoms with van der Waals surface area (Å²) in [4.78, 5) is 14.2. The molecule has 2 aromatic carbocycles. The maximum atomic E-state index is 12.4. The number of nitrogens with zero attached hydrogens (tertiary/aromatic N) is 1. The predicted octanol–water partition coefficient (Wildman–Crippen LogP) is 4.07. The molecule has 2 nitrogen and oxygen atoms in total. The summed E-state index contributed by atoms with van der Waals surface area (Å²) in [6.07, 6.45) is 0. The van der Waals surface area contributed by atoms with Crippen LogP contribution in [0, 0.1) is 5.92 Å². The number of hydrogen-bond donors (Lipinski definition) is 0. The zero-order chi connectivity index (χ0) is 13.8. The molecule has 0 bridgehead atoms. The normalized spacial score (nSPS) is 12.4. The highest BCUT2D eigenvalue weighted by molar-refractivity contribution is 6.20. The highest BCUT2D eigenvalue weighted by Crippen LogP contribution is 2.27. The lowest BCUT2D eigenvalue weighted by molar-refractivity contribution is -0.121. The van der Waals surface area contributed by atoms with Gasteiger partial charge in [0, 0.05) is 23.7 Å². The molecule has 0 N–H and O–H groups in total. The molecule has 0 spiro atoms. The summed E-state index contributed by atoms with van der Waals surface area (Å²) in [5.41, 5.74) is 0.961. The van der Waals surface area contributed by atoms with Crippen LogP contribution in [0.2, 0.25) is 0 Å². The molecule has 0 saturated heterocycles. The number of anilines is 1. The summed E-state index contributed by atoms with van der Waals surface area (Å²) in [7, 11) is 0. The molecule has 3 heteroatoms. The molecule has 0 heterocycles. The minimum absolute atomic E-state index is 0.0776. The SMILES string of the molecule is CCN(C(=O)C(C)CCl)c1cccc2ccccc12. The van der Waals surface area contributed by atoms with Crippen LogP contribution in [0.4, 0.5) is 5.69 Å². The quantitative estimate of drug-likeness (QED) is 0.771. The number of alkyl halides is 1. The van der Waals surface area contributed by atoms with Gasteiger partial charge in [-0.1, -0.05) is 43.3 Å². The van der Waals surface area contributed by atoms with Crippen LogP contribution in [0.25, 0.3) is 10.8 Å². The largest absolute Gasteiger partial charge is 0.312 e. The third kappa shape index (κ3) is 2.74. The lowest BCUT2D eigenvalue weighted by Gasteiger charge is -2.25. The third-order valence-corrected chi connectivity index (χ3v) is 3.76. The Bertz CT molecular complexity index is 576. The molecule has 19 heavy (non-hydrogen) atoms. The number of carbonyl (C=O) groups excluding carboxylic acids is 1. The van der Waals surface area contributed by atoms with Crippen molar-refractivity contribution in [2.45, 2.75) is 13.8 Å². The first kappa shape index (κ1) is 13.9. The number of carbonyl (C=O) groups is 1. The second kappa shape index (κ2) is 6.07. The van der Waals surface area contributed by atoms with E-state index >= 15 is 0 Å². The van der Waals surface area contributed by atoms with Gasteiger partial charge in [-0.3, -0.25) is 4.79 Å². The van der Waals surface area contributed by atoms with Gasteiger partial charge in [0.15, 0.2) is 0 Å². The molecule has 2 aromatic rings. The Morgan fingerprint density at radius 3 is 2.58 bits per heavy atom. The zero-order valence-electron chi connectivity index (χ0n) is 11.3. The van der Waals surface area contributed by atoms with Crippen molar-refractivity contribution in [3.63, 3.8) is 0 Å². The van der Waals surface area contributed by atoms with Crippen LogP contribution in [0.15, 0.2) is 42.5 Å². The number of hydrogen-bond acceptors (Lipinski definition) is 1. The van der Waals surface area contributed by atoms with Gasteiger partial charge in [0.25, 0.3) is 0 Å². The summed E-state index contributed by atoms with van der Waals surface area (Å²) >= 11 is 5.81. The molecule has 1 unspecified atom stereocenters. The van der Waals surface area contributed by atoms with Crippen LogP contribution < -0.4 is 4.90 Å². The Morgan fingerprint density at radius 2 is 1.89 bits per heavy atom. The molecule has 0 saturated carbocycles. The molecular weight excluding hydrogens is 258 g/mol. The molecule has 0 fully saturated rings. The van der Waals surface area contributed by atoms with E-state index < -0.39 is 0 Å². The fourth-order valence-corrected chi connectivity index (χ4v) is 2.35. The van der Waals surface area contributed by atoms with Crippen LogP contribution in [-0.2, 0) is 4.79 Å². The Balaban J connectivity index is 2.49. The molecule has 100 valence electrons. The molecule has 0 aliphatic heterocycles. The summed E-state index contributed by atoms with van der Waals surface area (Å²) in [6.45, 7) is 4.50. The van der Waals surface area contributed by atoms with Crippen molar-refractivity contribution in [3.05, 3.63) is 42.5 Å². The van der Waals surface area contributed by atoms with E-state index in [4.69, 9.17) is 11.6 Å². The van der Waals surface area contributed by atoms with Crippen molar-refractivity contribution >= 4 is 34.0 Å². The molecule has 0 aliphatic carbocycles. The third-order valence-electron chi connectivity index (χ3n) is 3.29. The Kier molecular flexibility index (Phi) is 4.43. The second-order valence-corrected chi connectivity index (χ2v) is 4.94. The van der Waals surface area contributed by atoms with Gasteiger partial charge >= 0.3 is 0 Å². The number of fused-ring (bicyclic) bond motifs is 1. The van der Waals surface area contributed by atoms with Crippen LogP contribution in [0.3, 0.4) is 0 Å². The van der Waals surface area contributed by atoms with Gasteiger partial charge < -0.3 is 4.90 Å². The average molecular weight is 276 g/mol. The molecule has 2 rings (SSSR count). The molecule has 1 atom stereocenters. The van der Waals surface area contributed by atoms with Gasteiger partial charge in [-0.25, -0.2) is 0 Å². The summed E-state index contributed by atoms with van der Waals surface area (Å²) in [5, 5.41) is 2.24. The molecule has 1 amide bonds. The summed E-state index contributed by atoms with van der Waals surface area (Å²) in [6, 6.07) is 14.1. The van der Waals surface area contributed by atoms with Crippen molar-refractivity contribution in [3.8, 4) is 0 Å². The lowest BCUT2D eigenvalue weighted by Crippen LogP contribution is -2.35. The number of halogens is 1. The van der Waals surface area contributed by atoms with Gasteiger partial charge in [0.1, 0.15) is 0 Å². The van der Waals surface area contributed by atoms with E-state index in [1.165, 1.54) is 0 Å². The van der Waals surface area contributed by atoms with Gasteiger partial charge in [-0.05, 0) is 18.4 Å². The van der Waals surface area contributed by atoms with Gasteiger partial charge in [-0.15, -0.1) is 11.6 Å². The first-order valence-electron chi connectivity index (χ1n) is 6.54. The van der Waals surface area contributed by atoms with Gasteiger partial charge in [-0.2, -0.15) is 0 Å². The van der Waals surface area contributed by atoms with Crippen LogP contribution in [-0.4, -0.2) is 18.3 Å². The van der Waals surface area contributed by atoms with Crippen molar-refractivity contribution in [1.29, 1.82) is 0 Å². The van der Waals surface area contributed by atoms with E-state index in [1.54, 1.807) is 0 Å². The second-order valence-electron chi connectivity index (χ2n) is 4.64. The number of benzene rings is 2. The molecule has 0 aliphatic rings. The Labute approximate surface area is 119 Å². The van der Waals surface area contributed by atoms with Crippen molar-refractivity contribution in [1.82, 2.24) is 0 Å². The fraction of sp³-hybridized carbons (Fsp3) is 0.312. The highest BCUT2D eigenvalue weighted by atomic mass is 35.5. The molecule has 0 aromatic heterocycles. The van der Waals surface area contributed by atoms with E-state index in [1.807, 2.05) is 49.1 Å². The topological polar surface area (TPSA) is 20.3 Å². The molecule has 0 radical (unpaired) electrons. The smallest absolute Gasteiger partial charge is 0.231 e. The fourth-order valence-electron chi connectivity index (χ4n) is 2.22. The summed E-state index contributed by atoms with van der Waals surface area (Å²) in [5.74, 6) is 0.259. The average Bonchev–Trinajstić information content (AvgIpc) is 2.47. The Morgan fingerprint density at radius 1 is 1.21 bits per heavy atom. The number of rotatable bonds is 4. The highest BCUT2D eigenvalue weighted by Gasteiger charge is 2.21. The van der Waals surface area contributed by atoms with Crippen LogP contribution in [0.5, 0.6) is 0 Å². The standard InChI is InChI=1S/C16H18ClNO/c1-3-18(16(19)12(2)11-17)15-10-6-8-13-7-4-5-9-14(13)15/h4-10,12H,3,11H2,1-2H3. The minimum atomic E-state index is -0.166. The van der Waals surface area contributed by atoms with Crippen molar-refractivity contribution in [2.75, 3.05) is 17.3 Å². The molecular formula is C16H18ClNO. The maximum absolute atomic E-state index is 12.4. The lowest BCUT2D eigenvalue weighted by atomic mass is 10.1. The van der Waals surface area contributed by atoms with Crippen molar-refractivity contribution in [2.24, 2.45) is 5.92 Å². The first-order valence-corrected chi connectivity index (χ1v) is 7.07. The van der Waals surface area contributed by atoms with Gasteiger partial charge in [0.2, 0.25) is 5.91 Å². The summed E-state index contributed by atoms with van der Waals surface area (Å²) < 4.78 is 0. The first-order chi connectivity index (χ1) is 9.19. The van der Waals surface area contributed by atoms with Crippen molar-refractivity contribution < 1.29 is 4.79 Å². The minimum Gasteiger partial charge on any atom is -0.312 e. The van der Waals surface area contributed by atoms with E-state index in [0.29, 0.717) is 12.4 Å². The van der Waals surface area contributed by atoms with Gasteiger partial charge in [0.05, 0.1) is 5.69 Å². The Hall–Kier alpha value is -1.54. The number of amides is 1. The van der Waals surface area contributed by atoms with Crippen LogP contribution in [0.1, 0.15) is 13.8 Å². The monoisotopic (exact) mass is 275 g/mol. The maximum Gasteiger partial charge on any atom is 0.231 e. The predicted molar refractivity (Wildman–Crippen MR) is 81.9 cm³/mol. The van der Waals surface area contributed by atoms with E-state index in [2.05, 4.69) is 12.1 Å². The van der Waals surface area contributed by atoms with E-state index in [9.17, 15) is 4.79 Å². The zero-order valence-corrected chi connectivity index (χ0v) is 12.0.